The van der Waals surface area contributed by atoms with Crippen LogP contribution < -0.4 is 10.8 Å². The van der Waals surface area contributed by atoms with Crippen molar-refractivity contribution in [3.05, 3.63) is 48.5 Å². The van der Waals surface area contributed by atoms with E-state index in [1.165, 1.54) is 24.1 Å². The van der Waals surface area contributed by atoms with Crippen molar-refractivity contribution in [1.82, 2.24) is 24.6 Å². The summed E-state index contributed by atoms with van der Waals surface area (Å²) in [6.45, 7) is 3.99. The number of anilines is 1. The molecule has 14 nitrogen and oxygen atoms in total. The number of nitrogens with zero attached hydrogens (tertiary/aromatic N) is 4. The van der Waals surface area contributed by atoms with Crippen LogP contribution in [0.4, 0.5) is 5.82 Å². The van der Waals surface area contributed by atoms with E-state index in [-0.39, 0.29) is 36.4 Å². The molecular formula is C25H35N6O8PS. The molecule has 6 N–H and O–H groups in total. The van der Waals surface area contributed by atoms with Crippen molar-refractivity contribution in [2.45, 2.75) is 51.4 Å². The second-order valence-electron chi connectivity index (χ2n) is 10.4. The first-order valence-electron chi connectivity index (χ1n) is 12.8. The highest BCUT2D eigenvalue weighted by Gasteiger charge is 2.54. The van der Waals surface area contributed by atoms with Crippen molar-refractivity contribution in [2.75, 3.05) is 31.3 Å². The zero-order valence-electron chi connectivity index (χ0n) is 22.9. The van der Waals surface area contributed by atoms with Crippen LogP contribution in [0, 0.1) is 5.41 Å². The number of fused-ring (bicyclic) bond motifs is 1. The zero-order valence-corrected chi connectivity index (χ0v) is 24.6. The van der Waals surface area contributed by atoms with Crippen LogP contribution in [-0.4, -0.2) is 83.3 Å². The lowest BCUT2D eigenvalue weighted by atomic mass is 9.96. The number of hydrogen-bond acceptors (Lipinski definition) is 13. The van der Waals surface area contributed by atoms with Gasteiger partial charge in [-0.15, -0.1) is 0 Å². The summed E-state index contributed by atoms with van der Waals surface area (Å²) in [7, 11) is -3.99. The van der Waals surface area contributed by atoms with Gasteiger partial charge in [0.2, 0.25) is 0 Å². The molecule has 0 spiro atoms. The van der Waals surface area contributed by atoms with Crippen LogP contribution in [0.1, 0.15) is 32.6 Å². The Bertz CT molecular complexity index is 1390. The molecule has 1 fully saturated rings. The highest BCUT2D eigenvalue weighted by atomic mass is 32.2. The number of imidazole rings is 1. The van der Waals surface area contributed by atoms with Crippen LogP contribution in [-0.2, 0) is 29.7 Å². The second-order valence-corrected chi connectivity index (χ2v) is 13.3. The van der Waals surface area contributed by atoms with E-state index in [0.29, 0.717) is 11.2 Å². The number of hydrogen-bond donors (Lipinski definition) is 5. The maximum atomic E-state index is 13.7. The van der Waals surface area contributed by atoms with Gasteiger partial charge in [0.05, 0.1) is 31.6 Å². The van der Waals surface area contributed by atoms with E-state index in [9.17, 15) is 24.7 Å². The standard InChI is InChI=1S/C25H35N6O8PS/c1-24(2,13-32)23(34)41-10-9-37-40(36,30-11-16-7-5-4-6-8-16)38-12-17-19(33)25(3,35)22(39-17)31-15-29-18-20(26)27-14-28-21(18)31/h4-8,14-15,17,19,22,32-33,35H,9-13H2,1-3H3,(H,30,36)(H2,26,27,28)/t17-,19+,22-,25?,40?/m1/s1. The van der Waals surface area contributed by atoms with Crippen LogP contribution >= 0.6 is 19.5 Å². The molecule has 3 aromatic rings. The zero-order chi connectivity index (χ0) is 29.8. The fourth-order valence-electron chi connectivity index (χ4n) is 4.06. The molecule has 224 valence electrons. The Kier molecular flexibility index (Phi) is 9.84. The third-order valence-electron chi connectivity index (χ3n) is 6.65. The number of nitrogen functional groups attached to an aromatic ring is 1. The Balaban J connectivity index is 1.44. The molecular weight excluding hydrogens is 575 g/mol. The fraction of sp³-hybridized carbons (Fsp3) is 0.520. The average molecular weight is 611 g/mol. The summed E-state index contributed by atoms with van der Waals surface area (Å²) in [6.07, 6.45) is -1.06. The van der Waals surface area contributed by atoms with Crippen LogP contribution in [0.3, 0.4) is 0 Å². The SMILES string of the molecule is CC(C)(CO)C(=O)SCCOP(=O)(NCc1ccccc1)OC[C@H]1O[C@@H](n2cnc3c(N)ncnc32)C(C)(O)[C@H]1O. The maximum Gasteiger partial charge on any atom is 0.405 e. The summed E-state index contributed by atoms with van der Waals surface area (Å²) < 4.78 is 32.4. The quantitative estimate of drug-likeness (QED) is 0.138. The summed E-state index contributed by atoms with van der Waals surface area (Å²) in [5.74, 6) is 0.315. The normalized spacial score (nSPS) is 24.5. The molecule has 0 amide bonds. The van der Waals surface area contributed by atoms with Gasteiger partial charge in [0, 0.05) is 12.3 Å². The summed E-state index contributed by atoms with van der Waals surface area (Å²) in [4.78, 5) is 24.6. The monoisotopic (exact) mass is 610 g/mol. The Hall–Kier alpha value is -2.46. The average Bonchev–Trinajstić information content (AvgIpc) is 3.48. The summed E-state index contributed by atoms with van der Waals surface area (Å²) >= 11 is 0.953. The Morgan fingerprint density at radius 1 is 1.27 bits per heavy atom. The highest BCUT2D eigenvalue weighted by Crippen LogP contribution is 2.47. The minimum atomic E-state index is -3.99. The molecule has 0 bridgehead atoms. The lowest BCUT2D eigenvalue weighted by Gasteiger charge is -2.27. The number of thioether (sulfide) groups is 1. The number of carbonyl (C=O) groups is 1. The van der Waals surface area contributed by atoms with Gasteiger partial charge in [0.15, 0.2) is 22.8 Å². The molecule has 2 unspecified atom stereocenters. The van der Waals surface area contributed by atoms with E-state index in [1.54, 1.807) is 13.8 Å². The minimum Gasteiger partial charge on any atom is -0.395 e. The number of carbonyl (C=O) groups excluding carboxylic acids is 1. The molecule has 4 rings (SSSR count). The van der Waals surface area contributed by atoms with Gasteiger partial charge in [-0.2, -0.15) is 0 Å². The molecule has 0 aliphatic carbocycles. The number of aliphatic hydroxyl groups is 3. The molecule has 0 radical (unpaired) electrons. The topological polar surface area (TPSA) is 204 Å². The van der Waals surface area contributed by atoms with Crippen molar-refractivity contribution in [3.8, 4) is 0 Å². The van der Waals surface area contributed by atoms with Gasteiger partial charge in [-0.3, -0.25) is 18.4 Å². The van der Waals surface area contributed by atoms with Crippen LogP contribution in [0.2, 0.25) is 0 Å². The van der Waals surface area contributed by atoms with Crippen molar-refractivity contribution >= 4 is 41.6 Å². The number of nitrogens with two attached hydrogens (primary N) is 1. The molecule has 2 aromatic heterocycles. The van der Waals surface area contributed by atoms with Crippen LogP contribution in [0.5, 0.6) is 0 Å². The summed E-state index contributed by atoms with van der Waals surface area (Å²) in [5, 5.41) is 34.1. The van der Waals surface area contributed by atoms with E-state index >= 15 is 0 Å². The van der Waals surface area contributed by atoms with Crippen molar-refractivity contribution in [1.29, 1.82) is 0 Å². The van der Waals surface area contributed by atoms with Gasteiger partial charge in [-0.1, -0.05) is 42.1 Å². The first-order valence-corrected chi connectivity index (χ1v) is 15.4. The number of ether oxygens (including phenoxy) is 1. The third-order valence-corrected chi connectivity index (χ3v) is 9.39. The first-order chi connectivity index (χ1) is 19.4. The molecule has 1 aliphatic rings. The smallest absolute Gasteiger partial charge is 0.395 e. The maximum absolute atomic E-state index is 13.7. The van der Waals surface area contributed by atoms with E-state index in [4.69, 9.17) is 19.5 Å². The molecule has 1 aliphatic heterocycles. The number of aromatic nitrogens is 4. The predicted octanol–water partition coefficient (Wildman–Crippen LogP) is 1.63. The fourth-order valence-corrected chi connectivity index (χ4v) is 6.29. The largest absolute Gasteiger partial charge is 0.405 e. The Labute approximate surface area is 241 Å². The van der Waals surface area contributed by atoms with Crippen molar-refractivity contribution in [3.63, 3.8) is 0 Å². The molecule has 1 aromatic carbocycles. The third kappa shape index (κ3) is 7.13. The summed E-state index contributed by atoms with van der Waals surface area (Å²) in [5.41, 5.74) is 4.57. The number of nitrogens with one attached hydrogen (secondary N) is 1. The lowest BCUT2D eigenvalue weighted by molar-refractivity contribution is -0.119. The van der Waals surface area contributed by atoms with Crippen molar-refractivity contribution < 1.29 is 38.5 Å². The lowest BCUT2D eigenvalue weighted by Crippen LogP contribution is -2.44. The molecule has 16 heteroatoms. The molecule has 3 heterocycles. The van der Waals surface area contributed by atoms with Crippen molar-refractivity contribution in [2.24, 2.45) is 5.41 Å². The van der Waals surface area contributed by atoms with Crippen LogP contribution in [0.15, 0.2) is 43.0 Å². The van der Waals surface area contributed by atoms with Gasteiger partial charge in [0.1, 0.15) is 29.7 Å². The van der Waals surface area contributed by atoms with Crippen LogP contribution in [0.25, 0.3) is 11.2 Å². The van der Waals surface area contributed by atoms with E-state index in [2.05, 4.69) is 20.0 Å². The molecule has 0 saturated carbocycles. The van der Waals surface area contributed by atoms with E-state index < -0.39 is 43.8 Å². The minimum absolute atomic E-state index is 0.104. The van der Waals surface area contributed by atoms with E-state index in [1.807, 2.05) is 30.3 Å². The molecule has 5 atom stereocenters. The van der Waals surface area contributed by atoms with Gasteiger partial charge < -0.3 is 25.8 Å². The molecule has 41 heavy (non-hydrogen) atoms. The first kappa shape index (κ1) is 31.5. The van der Waals surface area contributed by atoms with Gasteiger partial charge in [-0.05, 0) is 26.3 Å². The highest BCUT2D eigenvalue weighted by molar-refractivity contribution is 8.13. The Morgan fingerprint density at radius 2 is 2.00 bits per heavy atom. The Morgan fingerprint density at radius 3 is 2.71 bits per heavy atom. The second kappa shape index (κ2) is 12.8. The predicted molar refractivity (Wildman–Crippen MR) is 151 cm³/mol. The van der Waals surface area contributed by atoms with E-state index in [0.717, 1.165) is 17.3 Å². The number of aliphatic hydroxyl groups excluding tert-OH is 2. The van der Waals surface area contributed by atoms with Gasteiger partial charge in [0.25, 0.3) is 0 Å². The number of benzene rings is 1. The number of rotatable bonds is 13. The van der Waals surface area contributed by atoms with Gasteiger partial charge in [-0.25, -0.2) is 24.6 Å². The van der Waals surface area contributed by atoms with Gasteiger partial charge >= 0.3 is 7.75 Å². The molecule has 1 saturated heterocycles. The summed E-state index contributed by atoms with van der Waals surface area (Å²) in [6, 6.07) is 9.18.